The Kier molecular flexibility index (Phi) is 4.11. The third kappa shape index (κ3) is 2.69. The molecule has 22 heavy (non-hydrogen) atoms. The average Bonchev–Trinajstić information content (AvgIpc) is 2.95. The Morgan fingerprint density at radius 3 is 2.59 bits per heavy atom. The van der Waals surface area contributed by atoms with E-state index in [-0.39, 0.29) is 18.0 Å². The molecule has 0 radical (unpaired) electrons. The molecule has 1 saturated heterocycles. The van der Waals surface area contributed by atoms with Crippen molar-refractivity contribution in [2.24, 2.45) is 0 Å². The van der Waals surface area contributed by atoms with Gasteiger partial charge in [0.1, 0.15) is 12.1 Å². The molecule has 3 rings (SSSR count). The van der Waals surface area contributed by atoms with E-state index in [0.29, 0.717) is 38.4 Å². The van der Waals surface area contributed by atoms with Crippen molar-refractivity contribution in [3.8, 4) is 0 Å². The second-order valence-corrected chi connectivity index (χ2v) is 5.30. The van der Waals surface area contributed by atoms with Crippen molar-refractivity contribution in [1.82, 2.24) is 14.0 Å². The number of aromatic nitrogens is 2. The van der Waals surface area contributed by atoms with E-state index < -0.39 is 0 Å². The van der Waals surface area contributed by atoms with Crippen LogP contribution in [0.15, 0.2) is 42.0 Å². The van der Waals surface area contributed by atoms with E-state index in [1.54, 1.807) is 17.2 Å². The van der Waals surface area contributed by atoms with Gasteiger partial charge in [-0.2, -0.15) is 0 Å². The quantitative estimate of drug-likeness (QED) is 0.787. The van der Waals surface area contributed by atoms with Crippen LogP contribution in [0.4, 0.5) is 0 Å². The maximum atomic E-state index is 12.6. The largest absolute Gasteiger partial charge is 0.378 e. The van der Waals surface area contributed by atoms with Crippen LogP contribution in [0.2, 0.25) is 0 Å². The summed E-state index contributed by atoms with van der Waals surface area (Å²) >= 11 is 0. The van der Waals surface area contributed by atoms with E-state index in [4.69, 9.17) is 4.74 Å². The van der Waals surface area contributed by atoms with Crippen LogP contribution in [0.1, 0.15) is 0 Å². The summed E-state index contributed by atoms with van der Waals surface area (Å²) in [7, 11) is 0. The number of morpholine rings is 1. The molecular weight excluding hydrogens is 282 g/mol. The van der Waals surface area contributed by atoms with E-state index in [1.807, 2.05) is 22.9 Å². The first-order chi connectivity index (χ1) is 10.7. The summed E-state index contributed by atoms with van der Waals surface area (Å²) in [5.74, 6) is -0.0495. The zero-order chi connectivity index (χ0) is 15.5. The Morgan fingerprint density at radius 2 is 1.91 bits per heavy atom. The lowest BCUT2D eigenvalue weighted by Gasteiger charge is -2.27. The lowest BCUT2D eigenvalue weighted by Crippen LogP contribution is -2.43. The van der Waals surface area contributed by atoms with Crippen LogP contribution in [-0.4, -0.2) is 46.2 Å². The van der Waals surface area contributed by atoms with Crippen LogP contribution in [0.3, 0.4) is 0 Å². The van der Waals surface area contributed by atoms with Gasteiger partial charge in [-0.15, -0.1) is 6.58 Å². The topological polar surface area (TPSA) is 56.5 Å². The van der Waals surface area contributed by atoms with Gasteiger partial charge in [0, 0.05) is 37.4 Å². The van der Waals surface area contributed by atoms with Crippen molar-refractivity contribution >= 4 is 16.8 Å². The Labute approximate surface area is 128 Å². The van der Waals surface area contributed by atoms with Crippen molar-refractivity contribution in [1.29, 1.82) is 0 Å². The number of hydrogen-bond donors (Lipinski definition) is 0. The molecule has 1 amide bonds. The van der Waals surface area contributed by atoms with E-state index >= 15 is 0 Å². The van der Waals surface area contributed by atoms with Gasteiger partial charge in [0.2, 0.25) is 5.91 Å². The third-order valence-corrected chi connectivity index (χ3v) is 3.89. The van der Waals surface area contributed by atoms with E-state index in [2.05, 4.69) is 6.58 Å². The monoisotopic (exact) mass is 301 g/mol. The molecule has 0 unspecified atom stereocenters. The predicted octanol–water partition coefficient (Wildman–Crippen LogP) is 0.848. The number of nitrogens with zero attached hydrogens (tertiary/aromatic N) is 3. The second kappa shape index (κ2) is 6.19. The highest BCUT2D eigenvalue weighted by atomic mass is 16.5. The van der Waals surface area contributed by atoms with Gasteiger partial charge in [-0.1, -0.05) is 6.08 Å². The van der Waals surface area contributed by atoms with Crippen molar-refractivity contribution in [2.75, 3.05) is 26.3 Å². The molecule has 3 heterocycles. The molecule has 0 bridgehead atoms. The van der Waals surface area contributed by atoms with E-state index in [9.17, 15) is 9.59 Å². The molecule has 1 aliphatic rings. The summed E-state index contributed by atoms with van der Waals surface area (Å²) in [6.45, 7) is 6.62. The SMILES string of the molecule is C=CCn1ccc2ccn(CC(=O)N3CCOCC3)c(=O)c21. The molecule has 0 N–H and O–H groups in total. The van der Waals surface area contributed by atoms with Crippen LogP contribution < -0.4 is 5.56 Å². The van der Waals surface area contributed by atoms with Crippen LogP contribution >= 0.6 is 0 Å². The van der Waals surface area contributed by atoms with Crippen molar-refractivity contribution in [2.45, 2.75) is 13.1 Å². The van der Waals surface area contributed by atoms with Gasteiger partial charge in [0.15, 0.2) is 0 Å². The molecule has 0 aromatic carbocycles. The Morgan fingerprint density at radius 1 is 1.23 bits per heavy atom. The van der Waals surface area contributed by atoms with Gasteiger partial charge in [-0.25, -0.2) is 0 Å². The molecule has 6 heteroatoms. The number of pyridine rings is 1. The van der Waals surface area contributed by atoms with Gasteiger partial charge in [0.25, 0.3) is 5.56 Å². The highest BCUT2D eigenvalue weighted by molar-refractivity contribution is 5.80. The average molecular weight is 301 g/mol. The van der Waals surface area contributed by atoms with Crippen LogP contribution in [0, 0.1) is 0 Å². The molecular formula is C16H19N3O3. The molecule has 0 spiro atoms. The number of allylic oxidation sites excluding steroid dienone is 1. The Balaban J connectivity index is 1.89. The molecule has 116 valence electrons. The lowest BCUT2D eigenvalue weighted by molar-refractivity contribution is -0.135. The first kappa shape index (κ1) is 14.6. The number of rotatable bonds is 4. The minimum atomic E-state index is -0.147. The smallest absolute Gasteiger partial charge is 0.275 e. The van der Waals surface area contributed by atoms with E-state index in [0.717, 1.165) is 5.39 Å². The van der Waals surface area contributed by atoms with E-state index in [1.165, 1.54) is 4.57 Å². The number of ether oxygens (including phenoxy) is 1. The minimum absolute atomic E-state index is 0.0495. The molecule has 1 aliphatic heterocycles. The predicted molar refractivity (Wildman–Crippen MR) is 83.8 cm³/mol. The highest BCUT2D eigenvalue weighted by Crippen LogP contribution is 2.11. The standard InChI is InChI=1S/C16H19N3O3/c1-2-5-18-6-3-13-4-7-19(16(21)15(13)18)12-14(20)17-8-10-22-11-9-17/h2-4,6-7H,1,5,8-12H2. The number of hydrogen-bond acceptors (Lipinski definition) is 3. The maximum Gasteiger partial charge on any atom is 0.275 e. The normalized spacial score (nSPS) is 15.2. The van der Waals surface area contributed by atoms with Gasteiger partial charge in [-0.05, 0) is 12.1 Å². The first-order valence-corrected chi connectivity index (χ1v) is 7.35. The Bertz CT molecular complexity index is 754. The molecule has 0 aliphatic carbocycles. The highest BCUT2D eigenvalue weighted by Gasteiger charge is 2.18. The maximum absolute atomic E-state index is 12.6. The fourth-order valence-corrected chi connectivity index (χ4v) is 2.72. The zero-order valence-electron chi connectivity index (χ0n) is 12.4. The van der Waals surface area contributed by atoms with Gasteiger partial charge >= 0.3 is 0 Å². The molecule has 6 nitrogen and oxygen atoms in total. The minimum Gasteiger partial charge on any atom is -0.378 e. The number of fused-ring (bicyclic) bond motifs is 1. The summed E-state index contributed by atoms with van der Waals surface area (Å²) in [6, 6.07) is 3.76. The van der Waals surface area contributed by atoms with Gasteiger partial charge in [0.05, 0.1) is 13.2 Å². The Hall–Kier alpha value is -2.34. The summed E-state index contributed by atoms with van der Waals surface area (Å²) < 4.78 is 8.56. The molecule has 0 saturated carbocycles. The van der Waals surface area contributed by atoms with Crippen molar-refractivity contribution in [3.05, 3.63) is 47.5 Å². The summed E-state index contributed by atoms with van der Waals surface area (Å²) in [4.78, 5) is 26.6. The zero-order valence-corrected chi connectivity index (χ0v) is 12.4. The number of carbonyl (C=O) groups excluding carboxylic acids is 1. The molecule has 2 aromatic heterocycles. The third-order valence-electron chi connectivity index (χ3n) is 3.89. The van der Waals surface area contributed by atoms with Crippen LogP contribution in [0.5, 0.6) is 0 Å². The fourth-order valence-electron chi connectivity index (χ4n) is 2.72. The lowest BCUT2D eigenvalue weighted by atomic mass is 10.3. The first-order valence-electron chi connectivity index (χ1n) is 7.35. The molecule has 1 fully saturated rings. The number of amides is 1. The van der Waals surface area contributed by atoms with Gasteiger partial charge in [-0.3, -0.25) is 9.59 Å². The summed E-state index contributed by atoms with van der Waals surface area (Å²) in [5.41, 5.74) is 0.461. The summed E-state index contributed by atoms with van der Waals surface area (Å²) in [5, 5.41) is 0.877. The van der Waals surface area contributed by atoms with Crippen LogP contribution in [-0.2, 0) is 22.6 Å². The summed E-state index contributed by atoms with van der Waals surface area (Å²) in [6.07, 6.45) is 5.29. The molecule has 0 atom stereocenters. The van der Waals surface area contributed by atoms with Gasteiger partial charge < -0.3 is 18.8 Å². The second-order valence-electron chi connectivity index (χ2n) is 5.30. The fraction of sp³-hybridized carbons (Fsp3) is 0.375. The van der Waals surface area contributed by atoms with Crippen molar-refractivity contribution < 1.29 is 9.53 Å². The van der Waals surface area contributed by atoms with Crippen molar-refractivity contribution in [3.63, 3.8) is 0 Å². The van der Waals surface area contributed by atoms with Crippen LogP contribution in [0.25, 0.3) is 10.9 Å². The molecule has 2 aromatic rings. The number of carbonyl (C=O) groups is 1.